The molecule has 2 aromatic carbocycles. The molecule has 0 unspecified atom stereocenters. The number of nitrogens with one attached hydrogen (secondary N) is 1. The lowest BCUT2D eigenvalue weighted by Gasteiger charge is -2.28. The summed E-state index contributed by atoms with van der Waals surface area (Å²) >= 11 is 1.55. The van der Waals surface area contributed by atoms with Gasteiger partial charge in [-0.1, -0.05) is 6.07 Å². The maximum Gasteiger partial charge on any atom is 0.247 e. The number of carbonyl (C=O) groups excluding carboxylic acids is 1. The Morgan fingerprint density at radius 1 is 1.11 bits per heavy atom. The van der Waals surface area contributed by atoms with Crippen LogP contribution in [0.1, 0.15) is 6.92 Å². The molecule has 0 saturated carbocycles. The fourth-order valence-corrected chi connectivity index (χ4v) is 4.34. The monoisotopic (exact) mass is 424 g/mol. The summed E-state index contributed by atoms with van der Waals surface area (Å²) in [6.07, 6.45) is 2.99. The van der Waals surface area contributed by atoms with Gasteiger partial charge < -0.3 is 14.8 Å². The molecule has 2 aromatic rings. The minimum atomic E-state index is -3.74. The van der Waals surface area contributed by atoms with Crippen molar-refractivity contribution in [2.75, 3.05) is 36.4 Å². The van der Waals surface area contributed by atoms with Gasteiger partial charge in [-0.05, 0) is 43.5 Å². The van der Waals surface area contributed by atoms with E-state index in [0.717, 1.165) is 15.5 Å². The van der Waals surface area contributed by atoms with E-state index < -0.39 is 22.0 Å². The summed E-state index contributed by atoms with van der Waals surface area (Å²) in [6.45, 7) is 1.53. The summed E-state index contributed by atoms with van der Waals surface area (Å²) in [5, 5.41) is 2.78. The van der Waals surface area contributed by atoms with Crippen molar-refractivity contribution in [2.24, 2.45) is 0 Å². The van der Waals surface area contributed by atoms with Crippen LogP contribution < -0.4 is 19.1 Å². The number of amides is 1. The zero-order valence-corrected chi connectivity index (χ0v) is 18.1. The van der Waals surface area contributed by atoms with Crippen LogP contribution in [0.3, 0.4) is 0 Å². The molecule has 1 N–H and O–H groups in total. The van der Waals surface area contributed by atoms with Crippen LogP contribution in [-0.2, 0) is 14.8 Å². The van der Waals surface area contributed by atoms with E-state index >= 15 is 0 Å². The molecule has 28 heavy (non-hydrogen) atoms. The number of ether oxygens (including phenoxy) is 2. The van der Waals surface area contributed by atoms with Crippen molar-refractivity contribution in [3.05, 3.63) is 42.5 Å². The second-order valence-electron chi connectivity index (χ2n) is 6.00. The molecule has 0 aliphatic heterocycles. The fourth-order valence-electron chi connectivity index (χ4n) is 2.72. The van der Waals surface area contributed by atoms with Crippen molar-refractivity contribution in [3.8, 4) is 11.5 Å². The second-order valence-corrected chi connectivity index (χ2v) is 8.73. The van der Waals surface area contributed by atoms with Gasteiger partial charge in [0, 0.05) is 16.6 Å². The Kier molecular flexibility index (Phi) is 7.20. The van der Waals surface area contributed by atoms with Crippen LogP contribution in [0.2, 0.25) is 0 Å². The molecule has 0 bridgehead atoms. The lowest BCUT2D eigenvalue weighted by Crippen LogP contribution is -2.45. The first-order valence-corrected chi connectivity index (χ1v) is 11.4. The Hall–Kier alpha value is -2.39. The van der Waals surface area contributed by atoms with Crippen molar-refractivity contribution in [3.63, 3.8) is 0 Å². The first-order valence-electron chi connectivity index (χ1n) is 8.37. The van der Waals surface area contributed by atoms with Crippen LogP contribution in [0.25, 0.3) is 0 Å². The smallest absolute Gasteiger partial charge is 0.247 e. The normalized spacial score (nSPS) is 12.2. The highest BCUT2D eigenvalue weighted by molar-refractivity contribution is 7.98. The van der Waals surface area contributed by atoms with Crippen LogP contribution in [0.4, 0.5) is 11.4 Å². The number of hydrogen-bond acceptors (Lipinski definition) is 6. The number of anilines is 2. The number of rotatable bonds is 8. The molecule has 0 fully saturated rings. The fraction of sp³-hybridized carbons (Fsp3) is 0.316. The summed E-state index contributed by atoms with van der Waals surface area (Å²) in [7, 11) is -0.790. The third-order valence-electron chi connectivity index (χ3n) is 4.05. The third kappa shape index (κ3) is 5.11. The molecule has 0 saturated heterocycles. The van der Waals surface area contributed by atoms with Gasteiger partial charge in [-0.25, -0.2) is 8.42 Å². The molecular formula is C19H24N2O5S2. The van der Waals surface area contributed by atoms with Crippen molar-refractivity contribution < 1.29 is 22.7 Å². The SMILES string of the molecule is COc1ccc(N([C@H](C)C(=O)Nc2cccc(SC)c2)S(C)(=O)=O)cc1OC. The Morgan fingerprint density at radius 3 is 2.36 bits per heavy atom. The van der Waals surface area contributed by atoms with Crippen LogP contribution in [0.5, 0.6) is 11.5 Å². The largest absolute Gasteiger partial charge is 0.493 e. The van der Waals surface area contributed by atoms with Gasteiger partial charge in [-0.15, -0.1) is 11.8 Å². The van der Waals surface area contributed by atoms with E-state index in [0.29, 0.717) is 22.9 Å². The topological polar surface area (TPSA) is 84.9 Å². The highest BCUT2D eigenvalue weighted by Crippen LogP contribution is 2.33. The van der Waals surface area contributed by atoms with Crippen molar-refractivity contribution in [1.82, 2.24) is 0 Å². The van der Waals surface area contributed by atoms with E-state index in [9.17, 15) is 13.2 Å². The Morgan fingerprint density at radius 2 is 1.79 bits per heavy atom. The molecule has 7 nitrogen and oxygen atoms in total. The molecule has 0 spiro atoms. The molecule has 9 heteroatoms. The van der Waals surface area contributed by atoms with Gasteiger partial charge in [0.05, 0.1) is 26.2 Å². The van der Waals surface area contributed by atoms with Gasteiger partial charge in [-0.3, -0.25) is 9.10 Å². The minimum absolute atomic E-state index is 0.306. The van der Waals surface area contributed by atoms with E-state index in [1.807, 2.05) is 24.5 Å². The molecule has 0 heterocycles. The summed E-state index contributed by atoms with van der Waals surface area (Å²) < 4.78 is 36.4. The Bertz CT molecular complexity index is 947. The van der Waals surface area contributed by atoms with Crippen molar-refractivity contribution >= 4 is 39.1 Å². The third-order valence-corrected chi connectivity index (χ3v) is 6.01. The predicted octanol–water partition coefficient (Wildman–Crippen LogP) is 3.22. The number of benzene rings is 2. The minimum Gasteiger partial charge on any atom is -0.493 e. The predicted molar refractivity (Wildman–Crippen MR) is 113 cm³/mol. The quantitative estimate of drug-likeness (QED) is 0.655. The van der Waals surface area contributed by atoms with Crippen LogP contribution in [-0.4, -0.2) is 47.1 Å². The summed E-state index contributed by atoms with van der Waals surface area (Å²) in [5.74, 6) is 0.387. The Labute approximate surface area is 170 Å². The van der Waals surface area contributed by atoms with E-state index in [2.05, 4.69) is 5.32 Å². The van der Waals surface area contributed by atoms with Crippen LogP contribution >= 0.6 is 11.8 Å². The maximum atomic E-state index is 12.8. The number of carbonyl (C=O) groups is 1. The molecule has 1 amide bonds. The summed E-state index contributed by atoms with van der Waals surface area (Å²) in [5.41, 5.74) is 0.908. The van der Waals surface area contributed by atoms with E-state index in [-0.39, 0.29) is 0 Å². The maximum absolute atomic E-state index is 12.8. The average molecular weight is 425 g/mol. The standard InChI is InChI=1S/C19H24N2O5S2/c1-13(19(22)20-14-7-6-8-16(11-14)27-4)21(28(5,23)24)15-9-10-17(25-2)18(12-15)26-3/h6-13H,1-5H3,(H,20,22)/t13-/m1/s1. The van der Waals surface area contributed by atoms with Gasteiger partial charge in [0.2, 0.25) is 15.9 Å². The molecule has 0 aliphatic carbocycles. The van der Waals surface area contributed by atoms with Gasteiger partial charge in [0.15, 0.2) is 11.5 Å². The van der Waals surface area contributed by atoms with Gasteiger partial charge >= 0.3 is 0 Å². The highest BCUT2D eigenvalue weighted by atomic mass is 32.2. The van der Waals surface area contributed by atoms with Crippen LogP contribution in [0.15, 0.2) is 47.4 Å². The first-order chi connectivity index (χ1) is 13.2. The lowest BCUT2D eigenvalue weighted by molar-refractivity contribution is -0.116. The van der Waals surface area contributed by atoms with Crippen molar-refractivity contribution in [1.29, 1.82) is 0 Å². The zero-order chi connectivity index (χ0) is 20.9. The molecule has 0 aromatic heterocycles. The summed E-state index contributed by atoms with van der Waals surface area (Å²) in [4.78, 5) is 13.8. The number of methoxy groups -OCH3 is 2. The Balaban J connectivity index is 2.36. The summed E-state index contributed by atoms with van der Waals surface area (Å²) in [6, 6.07) is 11.1. The van der Waals surface area contributed by atoms with E-state index in [1.165, 1.54) is 27.2 Å². The van der Waals surface area contributed by atoms with Gasteiger partial charge in [-0.2, -0.15) is 0 Å². The molecule has 1 atom stereocenters. The van der Waals surface area contributed by atoms with Crippen molar-refractivity contribution in [2.45, 2.75) is 17.9 Å². The molecule has 2 rings (SSSR count). The lowest BCUT2D eigenvalue weighted by atomic mass is 10.2. The van der Waals surface area contributed by atoms with E-state index in [1.54, 1.807) is 30.0 Å². The molecular weight excluding hydrogens is 400 g/mol. The van der Waals surface area contributed by atoms with E-state index in [4.69, 9.17) is 9.47 Å². The zero-order valence-electron chi connectivity index (χ0n) is 16.4. The number of nitrogens with zero attached hydrogens (tertiary/aromatic N) is 1. The first kappa shape index (κ1) is 21.9. The second kappa shape index (κ2) is 9.20. The average Bonchev–Trinajstić information content (AvgIpc) is 2.66. The number of thioether (sulfide) groups is 1. The molecule has 0 aliphatic rings. The van der Waals surface area contributed by atoms with Crippen LogP contribution in [0, 0.1) is 0 Å². The molecule has 152 valence electrons. The molecule has 0 radical (unpaired) electrons. The van der Waals surface area contributed by atoms with Gasteiger partial charge in [0.25, 0.3) is 0 Å². The highest BCUT2D eigenvalue weighted by Gasteiger charge is 2.30. The number of hydrogen-bond donors (Lipinski definition) is 1. The van der Waals surface area contributed by atoms with Gasteiger partial charge in [0.1, 0.15) is 6.04 Å². The number of sulfonamides is 1.